The van der Waals surface area contributed by atoms with Crippen molar-refractivity contribution in [3.63, 3.8) is 0 Å². The standard InChI is InChI=1S/C23H25BN2O5/c1-21(2)22(3,4)31-24(30-21)15-6-5-11-23-14(15)12-25-17(23)9-8-16(27)19(23)13-7-10-18(28)26-20(13)29/h5-6,8-9,11-13,19H,7,10H2,1-4H3,(H,26,28,29). The highest BCUT2D eigenvalue weighted by atomic mass is 16.7. The Morgan fingerprint density at radius 2 is 1.81 bits per heavy atom. The van der Waals surface area contributed by atoms with Crippen LogP contribution in [0.15, 0.2) is 52.6 Å². The molecule has 0 saturated carbocycles. The van der Waals surface area contributed by atoms with E-state index >= 15 is 0 Å². The van der Waals surface area contributed by atoms with Gasteiger partial charge in [-0.25, -0.2) is 0 Å². The van der Waals surface area contributed by atoms with Gasteiger partial charge in [0.1, 0.15) is 0 Å². The number of hydrogen-bond donors (Lipinski definition) is 1. The lowest BCUT2D eigenvalue weighted by Crippen LogP contribution is -2.54. The molecular weight excluding hydrogens is 395 g/mol. The third-order valence-electron chi connectivity index (χ3n) is 7.54. The lowest BCUT2D eigenvalue weighted by atomic mass is 9.52. The van der Waals surface area contributed by atoms with Gasteiger partial charge in [0, 0.05) is 12.6 Å². The van der Waals surface area contributed by atoms with Gasteiger partial charge >= 0.3 is 7.12 Å². The fourth-order valence-corrected chi connectivity index (χ4v) is 5.19. The Bertz CT molecular complexity index is 1050. The summed E-state index contributed by atoms with van der Waals surface area (Å²) in [5.41, 5.74) is 0.440. The summed E-state index contributed by atoms with van der Waals surface area (Å²) in [5, 5.41) is 2.41. The molecular formula is C23H25BN2O5. The van der Waals surface area contributed by atoms with E-state index < -0.39 is 41.5 Å². The van der Waals surface area contributed by atoms with Gasteiger partial charge in [-0.3, -0.25) is 24.7 Å². The van der Waals surface area contributed by atoms with Gasteiger partial charge in [0.05, 0.1) is 34.2 Å². The van der Waals surface area contributed by atoms with Crippen molar-refractivity contribution in [3.8, 4) is 0 Å². The minimum atomic E-state index is -0.873. The zero-order valence-electron chi connectivity index (χ0n) is 18.1. The van der Waals surface area contributed by atoms with Gasteiger partial charge in [-0.1, -0.05) is 18.2 Å². The van der Waals surface area contributed by atoms with E-state index in [0.717, 1.165) is 16.8 Å². The number of allylic oxidation sites excluding steroid dienone is 7. The van der Waals surface area contributed by atoms with Crippen molar-refractivity contribution in [2.75, 3.05) is 0 Å². The monoisotopic (exact) mass is 420 g/mol. The molecule has 2 aliphatic carbocycles. The molecule has 160 valence electrons. The fourth-order valence-electron chi connectivity index (χ4n) is 5.19. The third kappa shape index (κ3) is 2.74. The van der Waals surface area contributed by atoms with Gasteiger partial charge in [0.2, 0.25) is 11.8 Å². The Morgan fingerprint density at radius 1 is 1.10 bits per heavy atom. The molecule has 0 aromatic rings. The molecule has 0 aromatic heterocycles. The number of carbonyl (C=O) groups excluding carboxylic acids is 3. The summed E-state index contributed by atoms with van der Waals surface area (Å²) in [7, 11) is -0.615. The quantitative estimate of drug-likeness (QED) is 0.546. The Morgan fingerprint density at radius 3 is 2.48 bits per heavy atom. The highest BCUT2D eigenvalue weighted by Crippen LogP contribution is 2.55. The maximum atomic E-state index is 13.2. The van der Waals surface area contributed by atoms with Gasteiger partial charge in [-0.15, -0.1) is 0 Å². The summed E-state index contributed by atoms with van der Waals surface area (Å²) in [6, 6.07) is 0. The van der Waals surface area contributed by atoms with Crippen molar-refractivity contribution in [1.82, 2.24) is 5.32 Å². The summed E-state index contributed by atoms with van der Waals surface area (Å²) in [6.45, 7) is 7.97. The van der Waals surface area contributed by atoms with Gasteiger partial charge in [0.25, 0.3) is 0 Å². The number of hydrogen-bond acceptors (Lipinski definition) is 6. The molecule has 1 N–H and O–H groups in total. The summed E-state index contributed by atoms with van der Waals surface area (Å²) < 4.78 is 12.6. The molecule has 5 rings (SSSR count). The molecule has 1 spiro atoms. The van der Waals surface area contributed by atoms with Gasteiger partial charge in [0.15, 0.2) is 5.78 Å². The van der Waals surface area contributed by atoms with Crippen LogP contribution >= 0.6 is 0 Å². The minimum absolute atomic E-state index is 0.138. The van der Waals surface area contributed by atoms with Crippen LogP contribution in [0.5, 0.6) is 0 Å². The number of aliphatic imine (C=N–C) groups is 1. The number of imide groups is 1. The predicted molar refractivity (Wildman–Crippen MR) is 115 cm³/mol. The van der Waals surface area contributed by atoms with E-state index in [9.17, 15) is 14.4 Å². The predicted octanol–water partition coefficient (Wildman–Crippen LogP) is 2.25. The van der Waals surface area contributed by atoms with Gasteiger partial charge in [-0.05, 0) is 57.3 Å². The van der Waals surface area contributed by atoms with Crippen molar-refractivity contribution < 1.29 is 23.7 Å². The minimum Gasteiger partial charge on any atom is -0.399 e. The summed E-state index contributed by atoms with van der Waals surface area (Å²) >= 11 is 0. The smallest absolute Gasteiger partial charge is 0.399 e. The van der Waals surface area contributed by atoms with E-state index in [2.05, 4.69) is 10.3 Å². The SMILES string of the molecule is CC1(C)OB(C2=CC=CC34C2=CN=C3C=CC(=O)C4C2CCC(=O)NC2=O)OC1(C)C. The normalized spacial score (nSPS) is 35.3. The molecule has 7 nitrogen and oxygen atoms in total. The lowest BCUT2D eigenvalue weighted by Gasteiger charge is -2.44. The van der Waals surface area contributed by atoms with E-state index in [1.54, 1.807) is 12.3 Å². The highest BCUT2D eigenvalue weighted by Gasteiger charge is 2.60. The highest BCUT2D eigenvalue weighted by molar-refractivity contribution is 6.56. The first-order chi connectivity index (χ1) is 14.6. The first-order valence-corrected chi connectivity index (χ1v) is 10.7. The number of nitrogens with one attached hydrogen (secondary N) is 1. The van der Waals surface area contributed by atoms with Crippen LogP contribution in [-0.4, -0.2) is 41.6 Å². The van der Waals surface area contributed by atoms with Crippen molar-refractivity contribution in [2.45, 2.75) is 51.7 Å². The molecule has 3 unspecified atom stereocenters. The molecule has 2 saturated heterocycles. The molecule has 0 radical (unpaired) electrons. The van der Waals surface area contributed by atoms with Crippen LogP contribution in [0.3, 0.4) is 0 Å². The largest absolute Gasteiger partial charge is 0.495 e. The first-order valence-electron chi connectivity index (χ1n) is 10.7. The number of rotatable bonds is 2. The van der Waals surface area contributed by atoms with Crippen LogP contribution in [0.2, 0.25) is 0 Å². The first kappa shape index (κ1) is 20.3. The second-order valence-electron chi connectivity index (χ2n) is 9.77. The number of piperidine rings is 1. The van der Waals surface area contributed by atoms with Crippen molar-refractivity contribution in [3.05, 3.63) is 47.6 Å². The molecule has 3 aliphatic heterocycles. The molecule has 2 amide bonds. The molecule has 0 bridgehead atoms. The van der Waals surface area contributed by atoms with Crippen LogP contribution in [0.4, 0.5) is 0 Å². The molecule has 31 heavy (non-hydrogen) atoms. The number of carbonyl (C=O) groups is 3. The average Bonchev–Trinajstić information content (AvgIpc) is 3.17. The van der Waals surface area contributed by atoms with Crippen LogP contribution in [0.25, 0.3) is 0 Å². The molecule has 3 atom stereocenters. The van der Waals surface area contributed by atoms with Gasteiger partial charge in [-0.2, -0.15) is 0 Å². The van der Waals surface area contributed by atoms with E-state index in [1.807, 2.05) is 45.9 Å². The average molecular weight is 420 g/mol. The molecule has 5 aliphatic rings. The lowest BCUT2D eigenvalue weighted by molar-refractivity contribution is -0.141. The maximum Gasteiger partial charge on any atom is 0.495 e. The van der Waals surface area contributed by atoms with E-state index in [0.29, 0.717) is 6.42 Å². The second-order valence-corrected chi connectivity index (χ2v) is 9.77. The van der Waals surface area contributed by atoms with E-state index in [4.69, 9.17) is 9.31 Å². The molecule has 3 heterocycles. The van der Waals surface area contributed by atoms with Crippen molar-refractivity contribution >= 4 is 30.4 Å². The Kier molecular flexibility index (Phi) is 4.24. The van der Waals surface area contributed by atoms with E-state index in [-0.39, 0.29) is 18.1 Å². The fraction of sp³-hybridized carbons (Fsp3) is 0.478. The molecule has 2 fully saturated rings. The molecule has 0 aromatic carbocycles. The van der Waals surface area contributed by atoms with Gasteiger partial charge < -0.3 is 9.31 Å². The molecule has 8 heteroatoms. The van der Waals surface area contributed by atoms with Crippen molar-refractivity contribution in [1.29, 1.82) is 0 Å². The number of ketones is 1. The van der Waals surface area contributed by atoms with Crippen LogP contribution in [-0.2, 0) is 23.7 Å². The zero-order chi connectivity index (χ0) is 22.2. The van der Waals surface area contributed by atoms with Crippen LogP contribution in [0.1, 0.15) is 40.5 Å². The zero-order valence-corrected chi connectivity index (χ0v) is 18.1. The van der Waals surface area contributed by atoms with E-state index in [1.165, 1.54) is 6.08 Å². The summed E-state index contributed by atoms with van der Waals surface area (Å²) in [6.07, 6.45) is 11.3. The van der Waals surface area contributed by atoms with Crippen molar-refractivity contribution in [2.24, 2.45) is 22.2 Å². The number of nitrogens with zero attached hydrogens (tertiary/aromatic N) is 1. The number of amides is 2. The third-order valence-corrected chi connectivity index (χ3v) is 7.54. The second kappa shape index (κ2) is 6.47. The Hall–Kier alpha value is -2.58. The van der Waals surface area contributed by atoms with Crippen LogP contribution in [0, 0.1) is 17.3 Å². The summed E-state index contributed by atoms with van der Waals surface area (Å²) in [4.78, 5) is 42.3. The Balaban J connectivity index is 1.57. The maximum absolute atomic E-state index is 13.2. The van der Waals surface area contributed by atoms with Crippen LogP contribution < -0.4 is 5.32 Å². The summed E-state index contributed by atoms with van der Waals surface area (Å²) in [5.74, 6) is -2.14. The topological polar surface area (TPSA) is 94.1 Å². The Labute approximate surface area is 181 Å².